The zero-order valence-corrected chi connectivity index (χ0v) is 45.7. The summed E-state index contributed by atoms with van der Waals surface area (Å²) >= 11 is 0. The number of hydrogen-bond donors (Lipinski definition) is 3. The van der Waals surface area contributed by atoms with Gasteiger partial charge in [0, 0.05) is 6.42 Å². The molecule has 0 saturated carbocycles. The maximum atomic E-state index is 12.5. The fourth-order valence-electron chi connectivity index (χ4n) is 7.59. The van der Waals surface area contributed by atoms with Crippen LogP contribution in [0.2, 0.25) is 0 Å². The summed E-state index contributed by atoms with van der Waals surface area (Å²) in [6.07, 6.45) is 97.9. The van der Waals surface area contributed by atoms with Crippen molar-refractivity contribution in [2.75, 3.05) is 6.61 Å². The summed E-state index contributed by atoms with van der Waals surface area (Å²) < 4.78 is 0. The highest BCUT2D eigenvalue weighted by Gasteiger charge is 2.17. The molecule has 0 bridgehead atoms. The highest BCUT2D eigenvalue weighted by molar-refractivity contribution is 5.76. The molecule has 0 spiro atoms. The van der Waals surface area contributed by atoms with E-state index in [1.54, 1.807) is 6.08 Å². The molecular formula is C67H107NO3. The number of rotatable bonds is 50. The normalized spacial score (nSPS) is 14.1. The molecule has 0 heterocycles. The van der Waals surface area contributed by atoms with E-state index in [1.165, 1.54) is 77.0 Å². The van der Waals surface area contributed by atoms with Gasteiger partial charge >= 0.3 is 0 Å². The van der Waals surface area contributed by atoms with Crippen molar-refractivity contribution >= 4 is 5.91 Å². The van der Waals surface area contributed by atoms with Crippen molar-refractivity contribution in [2.24, 2.45) is 0 Å². The zero-order chi connectivity index (χ0) is 51.3. The number of unbranched alkanes of at least 4 members (excludes halogenated alkanes) is 17. The Balaban J connectivity index is 3.74. The molecule has 0 aromatic rings. The van der Waals surface area contributed by atoms with Gasteiger partial charge in [0.05, 0.1) is 18.8 Å². The maximum absolute atomic E-state index is 12.5. The van der Waals surface area contributed by atoms with Crippen LogP contribution < -0.4 is 5.32 Å². The summed E-state index contributed by atoms with van der Waals surface area (Å²) in [5, 5.41) is 23.1. The number of allylic oxidation sites excluding steroid dienone is 27. The lowest BCUT2D eigenvalue weighted by molar-refractivity contribution is -0.123. The number of carbonyl (C=O) groups is 1. The maximum Gasteiger partial charge on any atom is 0.220 e. The predicted octanol–water partition coefficient (Wildman–Crippen LogP) is 19.5. The molecule has 0 rings (SSSR count). The minimum atomic E-state index is -0.886. The first-order valence-electron chi connectivity index (χ1n) is 28.8. The van der Waals surface area contributed by atoms with Gasteiger partial charge in [0.1, 0.15) is 0 Å². The highest BCUT2D eigenvalue weighted by atomic mass is 16.3. The summed E-state index contributed by atoms with van der Waals surface area (Å²) in [7, 11) is 0. The van der Waals surface area contributed by atoms with E-state index in [-0.39, 0.29) is 12.5 Å². The average Bonchev–Trinajstić information content (AvgIpc) is 3.37. The minimum absolute atomic E-state index is 0.105. The van der Waals surface area contributed by atoms with Gasteiger partial charge in [0.15, 0.2) is 0 Å². The van der Waals surface area contributed by atoms with Gasteiger partial charge < -0.3 is 15.5 Å². The molecule has 0 aliphatic carbocycles. The molecule has 0 radical (unpaired) electrons. The molecule has 0 aliphatic heterocycles. The predicted molar refractivity (Wildman–Crippen MR) is 317 cm³/mol. The Hall–Kier alpha value is -4.25. The van der Waals surface area contributed by atoms with Crippen molar-refractivity contribution in [3.8, 4) is 0 Å². The molecule has 2 atom stereocenters. The van der Waals surface area contributed by atoms with Crippen LogP contribution in [-0.4, -0.2) is 34.9 Å². The Morgan fingerprint density at radius 2 is 0.634 bits per heavy atom. The lowest BCUT2D eigenvalue weighted by Gasteiger charge is -2.19. The number of carbonyl (C=O) groups excluding carboxylic acids is 1. The lowest BCUT2D eigenvalue weighted by atomic mass is 10.0. The van der Waals surface area contributed by atoms with Gasteiger partial charge in [-0.25, -0.2) is 0 Å². The van der Waals surface area contributed by atoms with Crippen molar-refractivity contribution < 1.29 is 15.0 Å². The first-order chi connectivity index (χ1) is 35.2. The molecule has 2 unspecified atom stereocenters. The second kappa shape index (κ2) is 60.1. The van der Waals surface area contributed by atoms with Crippen LogP contribution >= 0.6 is 0 Å². The van der Waals surface area contributed by atoms with Gasteiger partial charge in [-0.2, -0.15) is 0 Å². The van der Waals surface area contributed by atoms with Gasteiger partial charge in [-0.1, -0.05) is 267 Å². The molecule has 1 amide bonds. The summed E-state index contributed by atoms with van der Waals surface area (Å²) in [4.78, 5) is 12.5. The number of amides is 1. The monoisotopic (exact) mass is 974 g/mol. The van der Waals surface area contributed by atoms with Crippen LogP contribution in [-0.2, 0) is 4.79 Å². The smallest absolute Gasteiger partial charge is 0.220 e. The lowest BCUT2D eigenvalue weighted by Crippen LogP contribution is -2.45. The Morgan fingerprint density at radius 1 is 0.352 bits per heavy atom. The molecule has 0 saturated heterocycles. The second-order valence-electron chi connectivity index (χ2n) is 18.6. The Bertz CT molecular complexity index is 1570. The summed E-state index contributed by atoms with van der Waals surface area (Å²) in [6, 6.07) is -0.666. The van der Waals surface area contributed by atoms with Gasteiger partial charge in [-0.15, -0.1) is 0 Å². The molecule has 0 aliphatic rings. The van der Waals surface area contributed by atoms with E-state index in [0.717, 1.165) is 128 Å². The standard InChI is InChI=1S/C67H107NO3/c1-3-5-7-9-11-13-15-17-19-21-23-24-25-26-27-28-29-30-31-32-33-34-35-36-37-38-39-40-41-42-43-44-45-47-49-51-53-55-57-59-61-63-67(71)68-65(64-69)66(70)62-60-58-56-54-52-50-48-46-22-20-18-16-14-12-10-8-6-4-2/h5,7,11,13,17,19,23-24,26-27,29-30,32-33,35-36,38-39,41-42,44-45,49,51-52,54,60,62,65-66,69-70H,3-4,6,8-10,12,14-16,18,20-22,25,28,31,34,37,40,43,46-48,50,53,55-59,61,63-64H2,1-2H3,(H,68,71)/b7-5-,13-11-,19-17-,24-23-,27-26-,30-29-,33-32-,36-35-,39-38-,42-41-,45-44-,51-49-,54-52+,62-60+. The van der Waals surface area contributed by atoms with Crippen LogP contribution in [0, 0.1) is 0 Å². The molecule has 0 fully saturated rings. The number of aliphatic hydroxyl groups excluding tert-OH is 2. The van der Waals surface area contributed by atoms with E-state index in [1.807, 2.05) is 6.08 Å². The van der Waals surface area contributed by atoms with Crippen LogP contribution in [0.4, 0.5) is 0 Å². The molecule has 3 N–H and O–H groups in total. The SMILES string of the molecule is CC/C=C\C/C=C\C/C=C\C/C=C\C/C=C\C/C=C\C/C=C\C/C=C\C/C=C\C/C=C\C/C=C\C/C=C\CCCCCCC(=O)NC(CO)C(O)/C=C/CC/C=C/CCCCCCCCCCCCCC. The van der Waals surface area contributed by atoms with Crippen LogP contribution in [0.5, 0.6) is 0 Å². The number of aliphatic hydroxyl groups is 2. The topological polar surface area (TPSA) is 69.6 Å². The van der Waals surface area contributed by atoms with Gasteiger partial charge in [-0.3, -0.25) is 4.79 Å². The molecule has 398 valence electrons. The minimum Gasteiger partial charge on any atom is -0.394 e. The number of hydrogen-bond acceptors (Lipinski definition) is 3. The Morgan fingerprint density at radius 3 is 0.986 bits per heavy atom. The van der Waals surface area contributed by atoms with Crippen molar-refractivity contribution in [3.63, 3.8) is 0 Å². The van der Waals surface area contributed by atoms with Crippen molar-refractivity contribution in [3.05, 3.63) is 170 Å². The summed E-state index contributed by atoms with van der Waals surface area (Å²) in [5.41, 5.74) is 0. The first-order valence-corrected chi connectivity index (χ1v) is 28.8. The molecular weight excluding hydrogens is 867 g/mol. The third kappa shape index (κ3) is 56.5. The second-order valence-corrected chi connectivity index (χ2v) is 18.6. The van der Waals surface area contributed by atoms with Crippen LogP contribution in [0.3, 0.4) is 0 Å². The van der Waals surface area contributed by atoms with Crippen molar-refractivity contribution in [2.45, 2.75) is 238 Å². The third-order valence-electron chi connectivity index (χ3n) is 11.9. The van der Waals surface area contributed by atoms with Crippen LogP contribution in [0.15, 0.2) is 170 Å². The fourth-order valence-corrected chi connectivity index (χ4v) is 7.59. The third-order valence-corrected chi connectivity index (χ3v) is 11.9. The quantitative estimate of drug-likeness (QED) is 0.0420. The van der Waals surface area contributed by atoms with E-state index >= 15 is 0 Å². The fraction of sp³-hybridized carbons (Fsp3) is 0.567. The van der Waals surface area contributed by atoms with Gasteiger partial charge in [-0.05, 0) is 122 Å². The molecule has 0 aromatic heterocycles. The largest absolute Gasteiger partial charge is 0.394 e. The zero-order valence-electron chi connectivity index (χ0n) is 45.7. The Kier molecular flexibility index (Phi) is 56.5. The Labute approximate surface area is 438 Å². The van der Waals surface area contributed by atoms with E-state index in [4.69, 9.17) is 0 Å². The van der Waals surface area contributed by atoms with E-state index in [9.17, 15) is 15.0 Å². The van der Waals surface area contributed by atoms with Gasteiger partial charge in [0.25, 0.3) is 0 Å². The number of nitrogens with one attached hydrogen (secondary N) is 1. The van der Waals surface area contributed by atoms with E-state index < -0.39 is 12.1 Å². The van der Waals surface area contributed by atoms with E-state index in [0.29, 0.717) is 6.42 Å². The van der Waals surface area contributed by atoms with Crippen molar-refractivity contribution in [1.82, 2.24) is 5.32 Å². The first kappa shape index (κ1) is 66.8. The van der Waals surface area contributed by atoms with Gasteiger partial charge in [0.2, 0.25) is 5.91 Å². The highest BCUT2D eigenvalue weighted by Crippen LogP contribution is 2.13. The molecule has 4 nitrogen and oxygen atoms in total. The van der Waals surface area contributed by atoms with Crippen LogP contribution in [0.25, 0.3) is 0 Å². The molecule has 0 aromatic carbocycles. The van der Waals surface area contributed by atoms with E-state index in [2.05, 4.69) is 177 Å². The van der Waals surface area contributed by atoms with Crippen LogP contribution in [0.1, 0.15) is 226 Å². The summed E-state index contributed by atoms with van der Waals surface area (Å²) in [6.45, 7) is 4.16. The van der Waals surface area contributed by atoms with Crippen molar-refractivity contribution in [1.29, 1.82) is 0 Å². The molecule has 71 heavy (non-hydrogen) atoms. The molecule has 4 heteroatoms. The average molecular weight is 975 g/mol. The summed E-state index contributed by atoms with van der Waals surface area (Å²) in [5.74, 6) is -0.105.